The molecule has 3 aromatic heterocycles. The summed E-state index contributed by atoms with van der Waals surface area (Å²) in [6, 6.07) is 14.0. The minimum atomic E-state index is -0.720. The summed E-state index contributed by atoms with van der Waals surface area (Å²) in [5.41, 5.74) is 1.01. The molecule has 9 rings (SSSR count). The van der Waals surface area contributed by atoms with Crippen molar-refractivity contribution >= 4 is 43.7 Å². The van der Waals surface area contributed by atoms with Gasteiger partial charge in [0.25, 0.3) is 0 Å². The molecule has 0 unspecified atom stereocenters. The second-order valence-electron chi connectivity index (χ2n) is 9.99. The van der Waals surface area contributed by atoms with Gasteiger partial charge in [0.2, 0.25) is 0 Å². The van der Waals surface area contributed by atoms with Crippen LogP contribution in [0.5, 0.6) is 0 Å². The lowest BCUT2D eigenvalue weighted by Crippen LogP contribution is -2.02. The Bertz CT molecular complexity index is 3150. The molecule has 0 saturated carbocycles. The lowest BCUT2D eigenvalue weighted by molar-refractivity contribution is 0.669. The molecule has 0 aliphatic rings. The molecule has 0 atom stereocenters. The predicted octanol–water partition coefficient (Wildman–Crippen LogP) is 9.87. The molecule has 0 fully saturated rings. The van der Waals surface area contributed by atoms with Crippen LogP contribution in [-0.4, -0.2) is 19.5 Å². The Labute approximate surface area is 269 Å². The van der Waals surface area contributed by atoms with Crippen molar-refractivity contribution in [3.05, 3.63) is 145 Å². The molecule has 6 aromatic carbocycles. The molecule has 206 valence electrons. The van der Waals surface area contributed by atoms with Crippen molar-refractivity contribution in [2.24, 2.45) is 0 Å². The van der Waals surface area contributed by atoms with Gasteiger partial charge < -0.3 is 8.98 Å². The minimum Gasteiger partial charge on any atom is -0.456 e. The fourth-order valence-electron chi connectivity index (χ4n) is 5.51. The van der Waals surface area contributed by atoms with Gasteiger partial charge in [0.1, 0.15) is 11.2 Å². The van der Waals surface area contributed by atoms with E-state index >= 15 is 0 Å². The van der Waals surface area contributed by atoms with E-state index in [2.05, 4.69) is 0 Å². The maximum atomic E-state index is 9.32. The highest BCUT2D eigenvalue weighted by Crippen LogP contribution is 2.38. The summed E-state index contributed by atoms with van der Waals surface area (Å²) >= 11 is 0. The van der Waals surface area contributed by atoms with Crippen LogP contribution in [0.1, 0.15) is 16.4 Å². The van der Waals surface area contributed by atoms with Crippen LogP contribution in [0.4, 0.5) is 0 Å². The first-order valence-corrected chi connectivity index (χ1v) is 13.6. The third kappa shape index (κ3) is 3.83. The molecular formula is C39H24N4O. The van der Waals surface area contributed by atoms with Crippen LogP contribution in [-0.2, 0) is 0 Å². The van der Waals surface area contributed by atoms with Crippen molar-refractivity contribution in [2.75, 3.05) is 0 Å². The highest BCUT2D eigenvalue weighted by molar-refractivity contribution is 6.13. The van der Waals surface area contributed by atoms with Gasteiger partial charge in [-0.1, -0.05) is 103 Å². The molecule has 3 heterocycles. The van der Waals surface area contributed by atoms with Gasteiger partial charge in [-0.05, 0) is 42.4 Å². The Morgan fingerprint density at radius 1 is 0.523 bits per heavy atom. The number of nitrogens with zero attached hydrogens (tertiary/aromatic N) is 4. The lowest BCUT2D eigenvalue weighted by Gasteiger charge is -2.12. The Morgan fingerprint density at radius 3 is 2.11 bits per heavy atom. The Morgan fingerprint density at radius 2 is 1.23 bits per heavy atom. The smallest absolute Gasteiger partial charge is 0.166 e. The highest BCUT2D eigenvalue weighted by Gasteiger charge is 2.20. The average Bonchev–Trinajstić information content (AvgIpc) is 3.76. The zero-order valence-corrected chi connectivity index (χ0v) is 22.6. The van der Waals surface area contributed by atoms with Crippen molar-refractivity contribution in [1.82, 2.24) is 19.5 Å². The topological polar surface area (TPSA) is 56.7 Å². The molecule has 0 aliphatic carbocycles. The summed E-state index contributed by atoms with van der Waals surface area (Å²) in [7, 11) is 0. The van der Waals surface area contributed by atoms with E-state index in [4.69, 9.17) is 34.4 Å². The molecule has 5 heteroatoms. The normalized spacial score (nSPS) is 15.5. The van der Waals surface area contributed by atoms with Gasteiger partial charge in [-0.15, -0.1) is 0 Å². The summed E-state index contributed by atoms with van der Waals surface area (Å²) in [5.74, 6) is 0.0766. The van der Waals surface area contributed by atoms with Crippen LogP contribution < -0.4 is 0 Å². The number of rotatable bonds is 4. The molecule has 44 heavy (non-hydrogen) atoms. The van der Waals surface area contributed by atoms with Crippen LogP contribution in [0.3, 0.4) is 0 Å². The monoisotopic (exact) mass is 576 g/mol. The number of para-hydroxylation sites is 4. The maximum Gasteiger partial charge on any atom is 0.166 e. The second kappa shape index (κ2) is 9.75. The van der Waals surface area contributed by atoms with Gasteiger partial charge in [-0.2, -0.15) is 0 Å². The zero-order chi connectivity index (χ0) is 39.5. The number of hydrogen-bond acceptors (Lipinski definition) is 4. The standard InChI is InChI=1S/C39H24N4O/c1-3-12-25(13-4-1)37-40-38(26-22-23-30-29-17-8-10-21-34(29)44-35(30)24-26)42-39(41-37)32-19-11-18-31-28-16-7-9-20-33(28)43(36(31)32)27-14-5-2-6-15-27/h1-24H/i2D,5D,6D,7D,9D,11D,14D,15D,16D,18D,19D,20D. The SMILES string of the molecule is [2H]c1c([2H])c([2H])c(-n2c3c([2H])c([2H])c([2H])c([2H])c3c3c([2H])c([2H])c([2H])c(-c4nc(-c5ccccc5)nc(-c5ccc6c(c5)oc5ccccc56)n4)c32)c([2H])c1[2H]. The average molecular weight is 577 g/mol. The quantitative estimate of drug-likeness (QED) is 0.209. The van der Waals surface area contributed by atoms with Crippen molar-refractivity contribution in [3.8, 4) is 39.9 Å². The van der Waals surface area contributed by atoms with Crippen LogP contribution in [0, 0.1) is 0 Å². The molecule has 0 aliphatic heterocycles. The fourth-order valence-corrected chi connectivity index (χ4v) is 5.51. The van der Waals surface area contributed by atoms with Crippen molar-refractivity contribution < 1.29 is 20.9 Å². The molecular weight excluding hydrogens is 540 g/mol. The molecule has 0 amide bonds. The number of aromatic nitrogens is 4. The van der Waals surface area contributed by atoms with E-state index in [1.165, 1.54) is 0 Å². The predicted molar refractivity (Wildman–Crippen MR) is 178 cm³/mol. The molecule has 0 spiro atoms. The summed E-state index contributed by atoms with van der Waals surface area (Å²) < 4.78 is 113. The summed E-state index contributed by atoms with van der Waals surface area (Å²) in [5, 5.41) is 1.29. The highest BCUT2D eigenvalue weighted by atomic mass is 16.3. The Hall–Kier alpha value is -6.07. The van der Waals surface area contributed by atoms with Gasteiger partial charge in [0, 0.05) is 43.9 Å². The molecule has 0 N–H and O–H groups in total. The molecule has 9 aromatic rings. The molecule has 0 radical (unpaired) electrons. The third-order valence-electron chi connectivity index (χ3n) is 7.45. The van der Waals surface area contributed by atoms with E-state index in [0.717, 1.165) is 15.3 Å². The summed E-state index contributed by atoms with van der Waals surface area (Å²) in [6.07, 6.45) is 0. The van der Waals surface area contributed by atoms with Gasteiger partial charge in [-0.25, -0.2) is 15.0 Å². The van der Waals surface area contributed by atoms with Crippen LogP contribution in [0.2, 0.25) is 0 Å². The first-order valence-electron chi connectivity index (χ1n) is 19.6. The van der Waals surface area contributed by atoms with Crippen molar-refractivity contribution in [3.63, 3.8) is 0 Å². The maximum absolute atomic E-state index is 9.32. The van der Waals surface area contributed by atoms with Gasteiger partial charge in [0.15, 0.2) is 17.5 Å². The Balaban J connectivity index is 1.47. The van der Waals surface area contributed by atoms with Crippen molar-refractivity contribution in [1.29, 1.82) is 0 Å². The van der Waals surface area contributed by atoms with Gasteiger partial charge in [0.05, 0.1) is 27.5 Å². The second-order valence-corrected chi connectivity index (χ2v) is 9.99. The van der Waals surface area contributed by atoms with Crippen molar-refractivity contribution in [2.45, 2.75) is 0 Å². The zero-order valence-electron chi connectivity index (χ0n) is 34.6. The largest absolute Gasteiger partial charge is 0.456 e. The number of furan rings is 1. The summed E-state index contributed by atoms with van der Waals surface area (Å²) in [6.45, 7) is 0. The first kappa shape index (κ1) is 15.4. The van der Waals surface area contributed by atoms with E-state index in [1.54, 1.807) is 36.4 Å². The Kier molecular flexibility index (Phi) is 3.42. The van der Waals surface area contributed by atoms with Crippen LogP contribution in [0.25, 0.3) is 83.6 Å². The third-order valence-corrected chi connectivity index (χ3v) is 7.45. The lowest BCUT2D eigenvalue weighted by atomic mass is 10.1. The van der Waals surface area contributed by atoms with E-state index in [1.807, 2.05) is 36.4 Å². The molecule has 5 nitrogen and oxygen atoms in total. The number of hydrogen-bond donors (Lipinski definition) is 0. The van der Waals surface area contributed by atoms with E-state index in [9.17, 15) is 1.37 Å². The summed E-state index contributed by atoms with van der Waals surface area (Å²) in [4.78, 5) is 14.4. The van der Waals surface area contributed by atoms with Gasteiger partial charge >= 0.3 is 0 Å². The minimum absolute atomic E-state index is 0.125. The number of benzene rings is 6. The van der Waals surface area contributed by atoms with Crippen LogP contribution in [0.15, 0.2) is 150 Å². The van der Waals surface area contributed by atoms with Gasteiger partial charge in [-0.3, -0.25) is 0 Å². The van der Waals surface area contributed by atoms with E-state index in [0.29, 0.717) is 22.3 Å². The number of fused-ring (bicyclic) bond motifs is 6. The van der Waals surface area contributed by atoms with E-state index in [-0.39, 0.29) is 44.8 Å². The molecule has 0 bridgehead atoms. The van der Waals surface area contributed by atoms with Crippen LogP contribution >= 0.6 is 0 Å². The fraction of sp³-hybridized carbons (Fsp3) is 0. The first-order chi connectivity index (χ1) is 26.8. The molecule has 0 saturated heterocycles. The van der Waals surface area contributed by atoms with E-state index < -0.39 is 78.2 Å².